The van der Waals surface area contributed by atoms with Crippen LogP contribution >= 0.6 is 0 Å². The van der Waals surface area contributed by atoms with Gasteiger partial charge in [-0.05, 0) is 18.6 Å². The highest BCUT2D eigenvalue weighted by atomic mass is 15.1. The lowest BCUT2D eigenvalue weighted by molar-refractivity contribution is 0.913. The van der Waals surface area contributed by atoms with Crippen molar-refractivity contribution < 1.29 is 0 Å². The number of aromatic nitrogens is 5. The Hall–Kier alpha value is -2.17. The van der Waals surface area contributed by atoms with E-state index in [0.29, 0.717) is 0 Å². The van der Waals surface area contributed by atoms with Gasteiger partial charge in [-0.2, -0.15) is 0 Å². The number of aromatic amines is 1. The molecule has 5 heteroatoms. The summed E-state index contributed by atoms with van der Waals surface area (Å²) in [6, 6.07) is 1.96. The van der Waals surface area contributed by atoms with Crippen LogP contribution in [0.5, 0.6) is 0 Å². The van der Waals surface area contributed by atoms with Gasteiger partial charge in [0.25, 0.3) is 0 Å². The molecular weight excluding hydrogens is 202 g/mol. The van der Waals surface area contributed by atoms with E-state index in [2.05, 4.69) is 19.9 Å². The second-order valence-corrected chi connectivity index (χ2v) is 3.84. The molecule has 0 bridgehead atoms. The number of hydrogen-bond acceptors (Lipinski definition) is 3. The van der Waals surface area contributed by atoms with Crippen LogP contribution in [0.3, 0.4) is 0 Å². The smallest absolute Gasteiger partial charge is 0.178 e. The maximum absolute atomic E-state index is 4.41. The highest BCUT2D eigenvalue weighted by Crippen LogP contribution is 2.19. The van der Waals surface area contributed by atoms with Gasteiger partial charge in [-0.3, -0.25) is 0 Å². The van der Waals surface area contributed by atoms with Crippen LogP contribution in [-0.2, 0) is 7.05 Å². The van der Waals surface area contributed by atoms with Crippen molar-refractivity contribution in [2.45, 2.75) is 6.92 Å². The minimum absolute atomic E-state index is 0.737. The maximum atomic E-state index is 4.41. The molecule has 80 valence electrons. The lowest BCUT2D eigenvalue weighted by atomic mass is 10.3. The van der Waals surface area contributed by atoms with Gasteiger partial charge in [0.1, 0.15) is 5.69 Å². The molecule has 0 saturated heterocycles. The van der Waals surface area contributed by atoms with E-state index < -0.39 is 0 Å². The first-order valence-corrected chi connectivity index (χ1v) is 5.04. The lowest BCUT2D eigenvalue weighted by Gasteiger charge is -1.90. The van der Waals surface area contributed by atoms with Crippen LogP contribution in [0.1, 0.15) is 5.56 Å². The molecule has 3 heterocycles. The van der Waals surface area contributed by atoms with E-state index in [4.69, 9.17) is 0 Å². The summed E-state index contributed by atoms with van der Waals surface area (Å²) in [5.74, 6) is 0.761. The zero-order chi connectivity index (χ0) is 11.1. The van der Waals surface area contributed by atoms with Gasteiger partial charge in [0, 0.05) is 19.4 Å². The third-order valence-electron chi connectivity index (χ3n) is 2.55. The summed E-state index contributed by atoms with van der Waals surface area (Å²) >= 11 is 0. The van der Waals surface area contributed by atoms with Crippen molar-refractivity contribution >= 4 is 11.2 Å². The van der Waals surface area contributed by atoms with Crippen LogP contribution in [0.4, 0.5) is 0 Å². The first-order chi connectivity index (χ1) is 7.74. The van der Waals surface area contributed by atoms with Gasteiger partial charge in [0.15, 0.2) is 11.5 Å². The minimum atomic E-state index is 0.737. The molecular formula is C11H11N5. The van der Waals surface area contributed by atoms with Crippen molar-refractivity contribution in [3.63, 3.8) is 0 Å². The predicted molar refractivity (Wildman–Crippen MR) is 60.8 cm³/mol. The average Bonchev–Trinajstić information content (AvgIpc) is 2.84. The normalized spacial score (nSPS) is 11.1. The highest BCUT2D eigenvalue weighted by Gasteiger charge is 2.09. The van der Waals surface area contributed by atoms with Crippen LogP contribution in [0, 0.1) is 6.92 Å². The molecule has 3 aromatic heterocycles. The largest absolute Gasteiger partial charge is 0.340 e. The van der Waals surface area contributed by atoms with Crippen LogP contribution in [0.25, 0.3) is 22.7 Å². The van der Waals surface area contributed by atoms with E-state index in [1.54, 1.807) is 12.5 Å². The molecule has 3 rings (SSSR count). The van der Waals surface area contributed by atoms with Crippen molar-refractivity contribution in [1.29, 1.82) is 0 Å². The average molecular weight is 213 g/mol. The molecule has 0 aliphatic rings. The van der Waals surface area contributed by atoms with Gasteiger partial charge in [0.05, 0.1) is 11.8 Å². The van der Waals surface area contributed by atoms with Crippen molar-refractivity contribution in [3.8, 4) is 11.5 Å². The fourth-order valence-corrected chi connectivity index (χ4v) is 1.69. The molecule has 1 N–H and O–H groups in total. The van der Waals surface area contributed by atoms with E-state index in [1.807, 2.05) is 30.8 Å². The second-order valence-electron chi connectivity index (χ2n) is 3.84. The van der Waals surface area contributed by atoms with E-state index >= 15 is 0 Å². The molecule has 0 radical (unpaired) electrons. The number of aryl methyl sites for hydroxylation is 2. The first-order valence-electron chi connectivity index (χ1n) is 5.04. The summed E-state index contributed by atoms with van der Waals surface area (Å²) in [5.41, 5.74) is 3.68. The van der Waals surface area contributed by atoms with Crippen molar-refractivity contribution in [3.05, 3.63) is 30.4 Å². The predicted octanol–water partition coefficient (Wildman–Crippen LogP) is 1.67. The number of fused-ring (bicyclic) bond motifs is 1. The third kappa shape index (κ3) is 1.29. The number of nitrogens with one attached hydrogen (secondary N) is 1. The first kappa shape index (κ1) is 9.08. The second kappa shape index (κ2) is 3.16. The third-order valence-corrected chi connectivity index (χ3v) is 2.55. The Morgan fingerprint density at radius 2 is 2.19 bits per heavy atom. The Balaban J connectivity index is 2.22. The molecule has 16 heavy (non-hydrogen) atoms. The van der Waals surface area contributed by atoms with E-state index in [0.717, 1.165) is 28.2 Å². The van der Waals surface area contributed by atoms with Crippen LogP contribution in [-0.4, -0.2) is 24.5 Å². The highest BCUT2D eigenvalue weighted by molar-refractivity contribution is 5.77. The fourth-order valence-electron chi connectivity index (χ4n) is 1.69. The summed E-state index contributed by atoms with van der Waals surface area (Å²) in [6.45, 7) is 2.03. The minimum Gasteiger partial charge on any atom is -0.340 e. The van der Waals surface area contributed by atoms with E-state index in [-0.39, 0.29) is 0 Å². The Morgan fingerprint density at radius 1 is 1.31 bits per heavy atom. The van der Waals surface area contributed by atoms with Gasteiger partial charge in [-0.25, -0.2) is 15.0 Å². The molecule has 0 aliphatic heterocycles. The van der Waals surface area contributed by atoms with Crippen molar-refractivity contribution in [2.24, 2.45) is 7.05 Å². The Morgan fingerprint density at radius 3 is 2.88 bits per heavy atom. The Labute approximate surface area is 92.2 Å². The Kier molecular flexibility index (Phi) is 1.80. The molecule has 0 saturated carbocycles. The monoisotopic (exact) mass is 213 g/mol. The quantitative estimate of drug-likeness (QED) is 0.668. The van der Waals surface area contributed by atoms with Crippen molar-refractivity contribution in [1.82, 2.24) is 24.5 Å². The number of imidazole rings is 2. The Bertz CT molecular complexity index is 649. The number of rotatable bonds is 1. The number of pyridine rings is 1. The topological polar surface area (TPSA) is 59.4 Å². The van der Waals surface area contributed by atoms with Gasteiger partial charge in [-0.15, -0.1) is 0 Å². The fraction of sp³-hybridized carbons (Fsp3) is 0.182. The van der Waals surface area contributed by atoms with Gasteiger partial charge in [-0.1, -0.05) is 0 Å². The molecule has 0 atom stereocenters. The van der Waals surface area contributed by atoms with E-state index in [9.17, 15) is 0 Å². The van der Waals surface area contributed by atoms with Gasteiger partial charge >= 0.3 is 0 Å². The molecule has 0 unspecified atom stereocenters. The summed E-state index contributed by atoms with van der Waals surface area (Å²) in [5, 5.41) is 0. The molecule has 0 aromatic carbocycles. The number of nitrogens with zero attached hydrogens (tertiary/aromatic N) is 4. The SMILES string of the molecule is Cc1ccnc2nc(-c3cn(C)cn3)[nH]c12. The zero-order valence-electron chi connectivity index (χ0n) is 9.10. The summed E-state index contributed by atoms with van der Waals surface area (Å²) in [6.07, 6.45) is 5.44. The number of H-pyrrole nitrogens is 1. The summed E-state index contributed by atoms with van der Waals surface area (Å²) in [7, 11) is 1.93. The lowest BCUT2D eigenvalue weighted by Crippen LogP contribution is -1.80. The van der Waals surface area contributed by atoms with E-state index in [1.165, 1.54) is 0 Å². The number of hydrogen-bond donors (Lipinski definition) is 1. The zero-order valence-corrected chi connectivity index (χ0v) is 9.10. The van der Waals surface area contributed by atoms with Crippen LogP contribution in [0.15, 0.2) is 24.8 Å². The molecule has 0 amide bonds. The van der Waals surface area contributed by atoms with Gasteiger partial charge < -0.3 is 9.55 Å². The maximum Gasteiger partial charge on any atom is 0.178 e. The molecule has 0 spiro atoms. The van der Waals surface area contributed by atoms with Crippen molar-refractivity contribution in [2.75, 3.05) is 0 Å². The molecule has 0 aliphatic carbocycles. The van der Waals surface area contributed by atoms with Crippen LogP contribution in [0.2, 0.25) is 0 Å². The molecule has 0 fully saturated rings. The molecule has 3 aromatic rings. The summed E-state index contributed by atoms with van der Waals surface area (Å²) in [4.78, 5) is 16.1. The standard InChI is InChI=1S/C11H11N5/c1-7-3-4-12-11-9(7)14-10(15-11)8-5-16(2)6-13-8/h3-6H,1-2H3,(H,12,14,15). The summed E-state index contributed by atoms with van der Waals surface area (Å²) < 4.78 is 1.89. The van der Waals surface area contributed by atoms with Crippen LogP contribution < -0.4 is 0 Å². The van der Waals surface area contributed by atoms with Gasteiger partial charge in [0.2, 0.25) is 0 Å². The molecule has 5 nitrogen and oxygen atoms in total.